The zero-order valence-electron chi connectivity index (χ0n) is 12.3. The van der Waals surface area contributed by atoms with Crippen molar-refractivity contribution in [1.82, 2.24) is 5.32 Å². The second kappa shape index (κ2) is 6.05. The SMILES string of the molecule is COC(C)(C)C(=O)NCC(C)(C(=O)O)c1ccccc1. The third-order valence-electron chi connectivity index (χ3n) is 3.54. The second-order valence-corrected chi connectivity index (χ2v) is 5.40. The maximum Gasteiger partial charge on any atom is 0.315 e. The van der Waals surface area contributed by atoms with Gasteiger partial charge in [-0.3, -0.25) is 9.59 Å². The molecule has 5 heteroatoms. The normalized spacial score (nSPS) is 14.4. The van der Waals surface area contributed by atoms with Gasteiger partial charge in [-0.05, 0) is 26.3 Å². The molecule has 1 aromatic rings. The van der Waals surface area contributed by atoms with Crippen LogP contribution in [-0.2, 0) is 19.7 Å². The van der Waals surface area contributed by atoms with Gasteiger partial charge in [0.2, 0.25) is 0 Å². The lowest BCUT2D eigenvalue weighted by Crippen LogP contribution is -2.50. The molecule has 20 heavy (non-hydrogen) atoms. The molecule has 1 unspecified atom stereocenters. The van der Waals surface area contributed by atoms with E-state index in [-0.39, 0.29) is 12.5 Å². The van der Waals surface area contributed by atoms with Gasteiger partial charge in [-0.25, -0.2) is 0 Å². The molecule has 0 radical (unpaired) electrons. The number of carboxylic acids is 1. The molecule has 0 spiro atoms. The van der Waals surface area contributed by atoms with Gasteiger partial charge in [0.05, 0.1) is 0 Å². The number of carbonyl (C=O) groups excluding carboxylic acids is 1. The van der Waals surface area contributed by atoms with Gasteiger partial charge in [-0.15, -0.1) is 0 Å². The van der Waals surface area contributed by atoms with Crippen molar-refractivity contribution in [1.29, 1.82) is 0 Å². The Hall–Kier alpha value is -1.88. The van der Waals surface area contributed by atoms with Crippen molar-refractivity contribution >= 4 is 11.9 Å². The third-order valence-corrected chi connectivity index (χ3v) is 3.54. The molecule has 2 N–H and O–H groups in total. The van der Waals surface area contributed by atoms with Crippen molar-refractivity contribution in [3.63, 3.8) is 0 Å². The molecular weight excluding hydrogens is 258 g/mol. The molecular formula is C15H21NO4. The monoisotopic (exact) mass is 279 g/mol. The first-order valence-corrected chi connectivity index (χ1v) is 6.36. The van der Waals surface area contributed by atoms with Gasteiger partial charge in [0.15, 0.2) is 0 Å². The van der Waals surface area contributed by atoms with E-state index in [1.54, 1.807) is 45.0 Å². The fraction of sp³-hybridized carbons (Fsp3) is 0.467. The predicted molar refractivity (Wildman–Crippen MR) is 75.5 cm³/mol. The van der Waals surface area contributed by atoms with E-state index in [1.807, 2.05) is 6.07 Å². The quantitative estimate of drug-likeness (QED) is 0.829. The van der Waals surface area contributed by atoms with Gasteiger partial charge < -0.3 is 15.2 Å². The fourth-order valence-corrected chi connectivity index (χ4v) is 1.67. The van der Waals surface area contributed by atoms with E-state index in [0.717, 1.165) is 0 Å². The molecule has 1 atom stereocenters. The highest BCUT2D eigenvalue weighted by atomic mass is 16.5. The summed E-state index contributed by atoms with van der Waals surface area (Å²) in [6.07, 6.45) is 0. The van der Waals surface area contributed by atoms with E-state index in [4.69, 9.17) is 4.74 Å². The molecule has 0 saturated heterocycles. The number of benzene rings is 1. The zero-order chi connectivity index (χ0) is 15.4. The Kier molecular flexibility index (Phi) is 4.89. The summed E-state index contributed by atoms with van der Waals surface area (Å²) in [7, 11) is 1.44. The summed E-state index contributed by atoms with van der Waals surface area (Å²) in [6, 6.07) is 8.84. The molecule has 5 nitrogen and oxygen atoms in total. The highest BCUT2D eigenvalue weighted by Crippen LogP contribution is 2.23. The van der Waals surface area contributed by atoms with Crippen LogP contribution in [0.4, 0.5) is 0 Å². The number of amides is 1. The van der Waals surface area contributed by atoms with E-state index in [2.05, 4.69) is 5.32 Å². The Morgan fingerprint density at radius 2 is 1.75 bits per heavy atom. The van der Waals surface area contributed by atoms with Crippen molar-refractivity contribution < 1.29 is 19.4 Å². The Labute approximate surface area is 118 Å². The lowest BCUT2D eigenvalue weighted by molar-refractivity contribution is -0.144. The summed E-state index contributed by atoms with van der Waals surface area (Å²) in [6.45, 7) is 4.84. The highest BCUT2D eigenvalue weighted by molar-refractivity contribution is 5.86. The molecule has 0 heterocycles. The topological polar surface area (TPSA) is 75.6 Å². The molecule has 0 aliphatic heterocycles. The van der Waals surface area contributed by atoms with E-state index < -0.39 is 17.0 Å². The molecule has 1 amide bonds. The van der Waals surface area contributed by atoms with Crippen molar-refractivity contribution in [3.05, 3.63) is 35.9 Å². The number of carbonyl (C=O) groups is 2. The Morgan fingerprint density at radius 3 is 2.20 bits per heavy atom. The minimum absolute atomic E-state index is 0.00201. The maximum atomic E-state index is 12.0. The van der Waals surface area contributed by atoms with Crippen LogP contribution < -0.4 is 5.32 Å². The van der Waals surface area contributed by atoms with Crippen molar-refractivity contribution in [2.75, 3.05) is 13.7 Å². The van der Waals surface area contributed by atoms with Crippen LogP contribution in [0.15, 0.2) is 30.3 Å². The highest BCUT2D eigenvalue weighted by Gasteiger charge is 2.37. The summed E-state index contributed by atoms with van der Waals surface area (Å²) < 4.78 is 5.07. The van der Waals surface area contributed by atoms with E-state index >= 15 is 0 Å². The average Bonchev–Trinajstić information content (AvgIpc) is 2.44. The van der Waals surface area contributed by atoms with Crippen molar-refractivity contribution in [3.8, 4) is 0 Å². The maximum absolute atomic E-state index is 12.0. The number of hydrogen-bond donors (Lipinski definition) is 2. The first-order chi connectivity index (χ1) is 9.24. The summed E-state index contributed by atoms with van der Waals surface area (Å²) in [4.78, 5) is 23.5. The zero-order valence-corrected chi connectivity index (χ0v) is 12.3. The molecule has 0 aliphatic carbocycles. The van der Waals surface area contributed by atoms with Crippen LogP contribution in [0.5, 0.6) is 0 Å². The predicted octanol–water partition coefficient (Wildman–Crippen LogP) is 1.57. The summed E-state index contributed by atoms with van der Waals surface area (Å²) in [5.41, 5.74) is -1.53. The molecule has 0 bridgehead atoms. The summed E-state index contributed by atoms with van der Waals surface area (Å²) in [5.74, 6) is -1.33. The lowest BCUT2D eigenvalue weighted by atomic mass is 9.82. The van der Waals surface area contributed by atoms with Crippen LogP contribution in [0, 0.1) is 0 Å². The van der Waals surface area contributed by atoms with Crippen LogP contribution in [-0.4, -0.2) is 36.2 Å². The van der Waals surface area contributed by atoms with Crippen molar-refractivity contribution in [2.24, 2.45) is 0 Å². The lowest BCUT2D eigenvalue weighted by Gasteiger charge is -2.28. The van der Waals surface area contributed by atoms with Crippen LogP contribution in [0.1, 0.15) is 26.3 Å². The average molecular weight is 279 g/mol. The third kappa shape index (κ3) is 3.36. The molecule has 1 aromatic carbocycles. The Bertz CT molecular complexity index is 484. The number of nitrogens with one attached hydrogen (secondary N) is 1. The van der Waals surface area contributed by atoms with Gasteiger partial charge in [0, 0.05) is 13.7 Å². The summed E-state index contributed by atoms with van der Waals surface area (Å²) in [5, 5.41) is 12.1. The van der Waals surface area contributed by atoms with Crippen LogP contribution in [0.3, 0.4) is 0 Å². The minimum atomic E-state index is -1.18. The number of carboxylic acid groups (broad SMARTS) is 1. The van der Waals surface area contributed by atoms with Gasteiger partial charge in [-0.1, -0.05) is 30.3 Å². The molecule has 0 aromatic heterocycles. The fourth-order valence-electron chi connectivity index (χ4n) is 1.67. The van der Waals surface area contributed by atoms with E-state index in [1.165, 1.54) is 7.11 Å². The first-order valence-electron chi connectivity index (χ1n) is 6.36. The molecule has 0 fully saturated rings. The largest absolute Gasteiger partial charge is 0.481 e. The second-order valence-electron chi connectivity index (χ2n) is 5.40. The molecule has 110 valence electrons. The Morgan fingerprint density at radius 1 is 1.20 bits per heavy atom. The van der Waals surface area contributed by atoms with Gasteiger partial charge in [0.25, 0.3) is 5.91 Å². The first kappa shape index (κ1) is 16.2. The number of rotatable bonds is 6. The number of ether oxygens (including phenoxy) is 1. The van der Waals surface area contributed by atoms with Crippen LogP contribution in [0.25, 0.3) is 0 Å². The molecule has 0 aliphatic rings. The number of methoxy groups -OCH3 is 1. The van der Waals surface area contributed by atoms with E-state index in [0.29, 0.717) is 5.56 Å². The van der Waals surface area contributed by atoms with Gasteiger partial charge in [0.1, 0.15) is 11.0 Å². The van der Waals surface area contributed by atoms with Gasteiger partial charge >= 0.3 is 5.97 Å². The molecule has 0 saturated carbocycles. The van der Waals surface area contributed by atoms with Crippen LogP contribution >= 0.6 is 0 Å². The van der Waals surface area contributed by atoms with Gasteiger partial charge in [-0.2, -0.15) is 0 Å². The number of aliphatic carboxylic acids is 1. The van der Waals surface area contributed by atoms with Crippen LogP contribution in [0.2, 0.25) is 0 Å². The Balaban J connectivity index is 2.90. The smallest absolute Gasteiger partial charge is 0.315 e. The number of hydrogen-bond acceptors (Lipinski definition) is 3. The van der Waals surface area contributed by atoms with Crippen molar-refractivity contribution in [2.45, 2.75) is 31.8 Å². The minimum Gasteiger partial charge on any atom is -0.481 e. The molecule has 1 rings (SSSR count). The van der Waals surface area contributed by atoms with E-state index in [9.17, 15) is 14.7 Å². The summed E-state index contributed by atoms with van der Waals surface area (Å²) >= 11 is 0. The standard InChI is InChI=1S/C15H21NO4/c1-14(2,20-4)12(17)16-10-15(3,13(18)19)11-8-6-5-7-9-11/h5-9H,10H2,1-4H3,(H,16,17)(H,18,19).